The zero-order valence-corrected chi connectivity index (χ0v) is 23.7. The van der Waals surface area contributed by atoms with Crippen molar-refractivity contribution in [3.63, 3.8) is 0 Å². The highest BCUT2D eigenvalue weighted by Gasteiger charge is 2.48. The molecule has 0 aliphatic heterocycles. The van der Waals surface area contributed by atoms with Crippen molar-refractivity contribution >= 4 is 63.6 Å². The van der Waals surface area contributed by atoms with E-state index < -0.39 is 7.26 Å². The van der Waals surface area contributed by atoms with E-state index in [-0.39, 0.29) is 32.8 Å². The van der Waals surface area contributed by atoms with Crippen molar-refractivity contribution in [1.29, 1.82) is 0 Å². The van der Waals surface area contributed by atoms with Crippen molar-refractivity contribution in [2.24, 2.45) is 4.99 Å². The molecule has 0 fully saturated rings. The Morgan fingerprint density at radius 2 is 1.00 bits per heavy atom. The minimum atomic E-state index is -2.27. The molecule has 5 aromatic carbocycles. The van der Waals surface area contributed by atoms with E-state index in [1.165, 1.54) is 21.2 Å². The molecule has 0 saturated carbocycles. The van der Waals surface area contributed by atoms with Crippen molar-refractivity contribution < 1.29 is 22.1 Å². The molecule has 6 heteroatoms. The van der Waals surface area contributed by atoms with Crippen molar-refractivity contribution in [2.45, 2.75) is 0 Å². The topological polar surface area (TPSA) is 32.6 Å². The van der Waals surface area contributed by atoms with Gasteiger partial charge in [-0.15, -0.1) is 0 Å². The third-order valence-corrected chi connectivity index (χ3v) is 11.0. The zero-order valence-electron chi connectivity index (χ0n) is 19.7. The summed E-state index contributed by atoms with van der Waals surface area (Å²) in [6.07, 6.45) is 1.86. The minimum absolute atomic E-state index is 0. The molecule has 0 atom stereocenters. The van der Waals surface area contributed by atoms with E-state index in [0.29, 0.717) is 5.69 Å². The summed E-state index contributed by atoms with van der Waals surface area (Å²) in [5.41, 5.74) is 1.57. The Morgan fingerprint density at radius 3 is 1.46 bits per heavy atom. The van der Waals surface area contributed by atoms with E-state index in [1.54, 1.807) is 12.1 Å². The summed E-state index contributed by atoms with van der Waals surface area (Å²) in [5, 5.41) is 15.3. The second kappa shape index (κ2) is 12.1. The molecule has 0 spiro atoms. The second-order valence-electron chi connectivity index (χ2n) is 8.25. The van der Waals surface area contributed by atoms with Gasteiger partial charge in [0.1, 0.15) is 28.5 Å². The molecule has 5 aromatic rings. The van der Waals surface area contributed by atoms with Crippen LogP contribution in [0.2, 0.25) is 10.0 Å². The first-order valence-electron chi connectivity index (χ1n) is 11.5. The fourth-order valence-electron chi connectivity index (χ4n) is 4.49. The molecule has 0 heterocycles. The van der Waals surface area contributed by atoms with Gasteiger partial charge in [0.25, 0.3) is 0 Å². The van der Waals surface area contributed by atoms with Gasteiger partial charge in [0.15, 0.2) is 5.75 Å². The van der Waals surface area contributed by atoms with Crippen molar-refractivity contribution in [3.8, 4) is 5.75 Å². The van der Waals surface area contributed by atoms with Crippen LogP contribution >= 0.6 is 30.5 Å². The van der Waals surface area contributed by atoms with Crippen LogP contribution in [0.25, 0.3) is 0 Å². The van der Waals surface area contributed by atoms with Gasteiger partial charge in [0, 0.05) is 11.8 Å². The fraction of sp³-hybridized carbons (Fsp3) is 0. The summed E-state index contributed by atoms with van der Waals surface area (Å²) in [6.45, 7) is 0. The molecule has 0 bridgehead atoms. The molecule has 0 aliphatic rings. The lowest BCUT2D eigenvalue weighted by Crippen LogP contribution is -3.00. The lowest BCUT2D eigenvalue weighted by atomic mass is 10.2. The predicted octanol–water partition coefficient (Wildman–Crippen LogP) is 4.07. The van der Waals surface area contributed by atoms with Crippen LogP contribution in [0.3, 0.4) is 0 Å². The maximum Gasteiger partial charge on any atom is 0.152 e. The van der Waals surface area contributed by atoms with Crippen LogP contribution in [-0.4, -0.2) is 11.3 Å². The van der Waals surface area contributed by atoms with E-state index in [4.69, 9.17) is 28.2 Å². The Balaban J connectivity index is 0.00000320. The number of aromatic hydroxyl groups is 1. The van der Waals surface area contributed by atoms with Gasteiger partial charge in [-0.05, 0) is 60.7 Å². The third-order valence-electron chi connectivity index (χ3n) is 6.08. The van der Waals surface area contributed by atoms with Crippen LogP contribution in [0.15, 0.2) is 132 Å². The molecule has 0 radical (unpaired) electrons. The van der Waals surface area contributed by atoms with Gasteiger partial charge in [-0.3, -0.25) is 4.99 Å². The Bertz CT molecular complexity index is 1390. The molecule has 184 valence electrons. The molecule has 0 amide bonds. The van der Waals surface area contributed by atoms with E-state index in [1.807, 2.05) is 12.3 Å². The molecule has 2 nitrogen and oxygen atoms in total. The third kappa shape index (κ3) is 5.37. The summed E-state index contributed by atoms with van der Waals surface area (Å²) in [6, 6.07) is 43.8. The molecule has 5 rings (SSSR count). The molecule has 0 aliphatic carbocycles. The summed E-state index contributed by atoms with van der Waals surface area (Å²) >= 11 is 12.3. The van der Waals surface area contributed by atoms with E-state index in [0.717, 1.165) is 5.56 Å². The number of benzene rings is 5. The highest BCUT2D eigenvalue weighted by Crippen LogP contribution is 2.54. The summed E-state index contributed by atoms with van der Waals surface area (Å²) in [7, 11) is -2.27. The predicted molar refractivity (Wildman–Crippen MR) is 157 cm³/mol. The van der Waals surface area contributed by atoms with Crippen LogP contribution in [0, 0.1) is 0 Å². The number of hydrogen-bond donors (Lipinski definition) is 1. The van der Waals surface area contributed by atoms with E-state index in [9.17, 15) is 5.11 Å². The van der Waals surface area contributed by atoms with Crippen molar-refractivity contribution in [2.75, 3.05) is 0 Å². The summed E-state index contributed by atoms with van der Waals surface area (Å²) in [5.74, 6) is -0.139. The molecule has 0 unspecified atom stereocenters. The smallest absolute Gasteiger partial charge is 0.152 e. The number of nitrogens with zero attached hydrogens (tertiary/aromatic N) is 1. The Morgan fingerprint density at radius 1 is 0.595 bits per heavy atom. The average molecular weight is 607 g/mol. The first-order valence-corrected chi connectivity index (χ1v) is 14.0. The average Bonchev–Trinajstić information content (AvgIpc) is 2.93. The number of aliphatic imine (C=N–C) groups is 1. The lowest BCUT2D eigenvalue weighted by Gasteiger charge is -2.28. The molecular formula is C31H23BrCl2NOP. The quantitative estimate of drug-likeness (QED) is 0.229. The van der Waals surface area contributed by atoms with Gasteiger partial charge >= 0.3 is 0 Å². The van der Waals surface area contributed by atoms with E-state index >= 15 is 0 Å². The molecule has 37 heavy (non-hydrogen) atoms. The summed E-state index contributed by atoms with van der Waals surface area (Å²) in [4.78, 5) is 4.71. The number of phenolic OH excluding ortho intramolecular Hbond substituents is 1. The van der Waals surface area contributed by atoms with Crippen molar-refractivity contribution in [1.82, 2.24) is 0 Å². The van der Waals surface area contributed by atoms with Gasteiger partial charge in [0.2, 0.25) is 0 Å². The maximum atomic E-state index is 9.93. The normalized spacial score (nSPS) is 11.3. The van der Waals surface area contributed by atoms with Crippen LogP contribution in [0.1, 0.15) is 5.56 Å². The van der Waals surface area contributed by atoms with Crippen molar-refractivity contribution in [3.05, 3.63) is 143 Å². The van der Waals surface area contributed by atoms with Gasteiger partial charge in [-0.25, -0.2) is 0 Å². The van der Waals surface area contributed by atoms with Gasteiger partial charge < -0.3 is 22.1 Å². The SMILES string of the molecule is Oc1c(Cl)cc(N=Cc2ccccc2[P+](c2ccccc2)(c2ccccc2)c2ccccc2)cc1Cl.[Br-]. The van der Waals surface area contributed by atoms with Gasteiger partial charge in [-0.2, -0.15) is 0 Å². The molecular weight excluding hydrogens is 584 g/mol. The zero-order chi connectivity index (χ0) is 25.0. The Labute approximate surface area is 238 Å². The first-order chi connectivity index (χ1) is 17.6. The number of phenols is 1. The van der Waals surface area contributed by atoms with Gasteiger partial charge in [0.05, 0.1) is 15.7 Å². The maximum absolute atomic E-state index is 9.93. The minimum Gasteiger partial charge on any atom is -1.00 e. The highest BCUT2D eigenvalue weighted by atomic mass is 79.9. The van der Waals surface area contributed by atoms with Crippen LogP contribution in [0.4, 0.5) is 5.69 Å². The molecule has 0 saturated heterocycles. The molecule has 1 N–H and O–H groups in total. The fourth-order valence-corrected chi connectivity index (χ4v) is 9.38. The first kappa shape index (κ1) is 27.1. The Kier molecular flexibility index (Phi) is 8.84. The number of rotatable bonds is 6. The monoisotopic (exact) mass is 605 g/mol. The highest BCUT2D eigenvalue weighted by molar-refractivity contribution is 8.01. The number of hydrogen-bond acceptors (Lipinski definition) is 2. The Hall–Kier alpha value is -2.94. The van der Waals surface area contributed by atoms with E-state index in [2.05, 4.69) is 109 Å². The molecule has 0 aromatic heterocycles. The van der Waals surface area contributed by atoms with Crippen LogP contribution < -0.4 is 38.2 Å². The van der Waals surface area contributed by atoms with Crippen LogP contribution in [0.5, 0.6) is 5.75 Å². The number of halogens is 3. The lowest BCUT2D eigenvalue weighted by molar-refractivity contribution is -0.00000766. The van der Waals surface area contributed by atoms with Gasteiger partial charge in [-0.1, -0.05) is 89.9 Å². The largest absolute Gasteiger partial charge is 1.00 e. The summed E-state index contributed by atoms with van der Waals surface area (Å²) < 4.78 is 0. The standard InChI is InChI=1S/C31H22Cl2NOP.BrH/c32-28-20-24(21-29(33)31(28)35)34-22-23-12-10-11-19-30(23)36(25-13-4-1-5-14-25,26-15-6-2-7-16-26)27-17-8-3-9-18-27;/h1-22H;1H. The second-order valence-corrected chi connectivity index (χ2v) is 12.4. The van der Waals surface area contributed by atoms with Crippen LogP contribution in [-0.2, 0) is 0 Å².